The van der Waals surface area contributed by atoms with Crippen LogP contribution in [0.1, 0.15) is 58.8 Å². The van der Waals surface area contributed by atoms with E-state index < -0.39 is 0 Å². The minimum absolute atomic E-state index is 0.0422. The molecule has 0 heterocycles. The third-order valence-electron chi connectivity index (χ3n) is 3.63. The molecule has 16 heavy (non-hydrogen) atoms. The molecule has 0 radical (unpaired) electrons. The van der Waals surface area contributed by atoms with E-state index in [4.69, 9.17) is 5.73 Å². The van der Waals surface area contributed by atoms with E-state index in [9.17, 15) is 4.79 Å². The Morgan fingerprint density at radius 3 is 2.75 bits per heavy atom. The summed E-state index contributed by atoms with van der Waals surface area (Å²) in [6.07, 6.45) is 7.94. The molecule has 2 unspecified atom stereocenters. The maximum atomic E-state index is 11.8. The lowest BCUT2D eigenvalue weighted by atomic mass is 9.96. The van der Waals surface area contributed by atoms with Crippen molar-refractivity contribution in [2.75, 3.05) is 0 Å². The molecule has 0 aliphatic heterocycles. The molecule has 3 N–H and O–H groups in total. The number of hydrogen-bond donors (Lipinski definition) is 2. The molecule has 1 saturated carbocycles. The van der Waals surface area contributed by atoms with Gasteiger partial charge in [0.25, 0.3) is 0 Å². The van der Waals surface area contributed by atoms with E-state index in [1.54, 1.807) is 0 Å². The minimum Gasteiger partial charge on any atom is -0.352 e. The van der Waals surface area contributed by atoms with Crippen molar-refractivity contribution in [1.29, 1.82) is 0 Å². The van der Waals surface area contributed by atoms with Crippen LogP contribution in [0.4, 0.5) is 0 Å². The number of amides is 1. The molecule has 94 valence electrons. The van der Waals surface area contributed by atoms with Crippen LogP contribution >= 0.6 is 0 Å². The molecule has 1 amide bonds. The molecule has 1 aliphatic rings. The molecular formula is C13H26N2O. The van der Waals surface area contributed by atoms with E-state index in [1.165, 1.54) is 25.7 Å². The molecule has 3 atom stereocenters. The Morgan fingerprint density at radius 2 is 2.06 bits per heavy atom. The summed E-state index contributed by atoms with van der Waals surface area (Å²) in [4.78, 5) is 11.8. The molecule has 1 fully saturated rings. The summed E-state index contributed by atoms with van der Waals surface area (Å²) < 4.78 is 0. The van der Waals surface area contributed by atoms with Gasteiger partial charge in [0.15, 0.2) is 0 Å². The molecule has 1 rings (SSSR count). The summed E-state index contributed by atoms with van der Waals surface area (Å²) in [5.74, 6) is 0.640. The molecule has 0 aromatic rings. The van der Waals surface area contributed by atoms with Gasteiger partial charge in [-0.3, -0.25) is 4.79 Å². The second-order valence-electron chi connectivity index (χ2n) is 5.13. The number of rotatable bonds is 4. The van der Waals surface area contributed by atoms with Crippen LogP contribution in [0.25, 0.3) is 0 Å². The van der Waals surface area contributed by atoms with Crippen LogP contribution < -0.4 is 11.1 Å². The van der Waals surface area contributed by atoms with E-state index in [1.807, 2.05) is 0 Å². The van der Waals surface area contributed by atoms with Crippen LogP contribution in [0, 0.1) is 5.92 Å². The Balaban J connectivity index is 2.41. The number of nitrogens with one attached hydrogen (secondary N) is 1. The number of hydrogen-bond acceptors (Lipinski definition) is 2. The van der Waals surface area contributed by atoms with Gasteiger partial charge in [0.2, 0.25) is 5.91 Å². The van der Waals surface area contributed by atoms with E-state index in [0.717, 1.165) is 19.3 Å². The van der Waals surface area contributed by atoms with Gasteiger partial charge in [0.05, 0.1) is 6.04 Å². The van der Waals surface area contributed by atoms with Crippen molar-refractivity contribution in [3.05, 3.63) is 0 Å². The van der Waals surface area contributed by atoms with Crippen LogP contribution in [0.5, 0.6) is 0 Å². The van der Waals surface area contributed by atoms with E-state index in [-0.39, 0.29) is 11.9 Å². The lowest BCUT2D eigenvalue weighted by molar-refractivity contribution is -0.123. The van der Waals surface area contributed by atoms with Gasteiger partial charge in [-0.05, 0) is 25.2 Å². The van der Waals surface area contributed by atoms with Gasteiger partial charge >= 0.3 is 0 Å². The summed E-state index contributed by atoms with van der Waals surface area (Å²) >= 11 is 0. The molecule has 3 nitrogen and oxygen atoms in total. The lowest BCUT2D eigenvalue weighted by Gasteiger charge is -2.24. The first-order valence-corrected chi connectivity index (χ1v) is 6.71. The van der Waals surface area contributed by atoms with Gasteiger partial charge in [0.1, 0.15) is 0 Å². The van der Waals surface area contributed by atoms with Crippen LogP contribution in [-0.2, 0) is 4.79 Å². The predicted molar refractivity (Wildman–Crippen MR) is 67.1 cm³/mol. The molecule has 0 aromatic heterocycles. The second kappa shape index (κ2) is 6.89. The average Bonchev–Trinajstić information content (AvgIpc) is 2.45. The first-order valence-electron chi connectivity index (χ1n) is 6.71. The molecule has 1 aliphatic carbocycles. The highest BCUT2D eigenvalue weighted by molar-refractivity contribution is 5.81. The first-order chi connectivity index (χ1) is 7.65. The van der Waals surface area contributed by atoms with Crippen molar-refractivity contribution in [3.63, 3.8) is 0 Å². The van der Waals surface area contributed by atoms with Gasteiger partial charge in [-0.1, -0.05) is 39.5 Å². The van der Waals surface area contributed by atoms with Crippen LogP contribution in [-0.4, -0.2) is 18.0 Å². The summed E-state index contributed by atoms with van der Waals surface area (Å²) in [7, 11) is 0. The smallest absolute Gasteiger partial charge is 0.237 e. The molecule has 0 aromatic carbocycles. The van der Waals surface area contributed by atoms with Crippen molar-refractivity contribution < 1.29 is 4.79 Å². The average molecular weight is 226 g/mol. The highest BCUT2D eigenvalue weighted by Crippen LogP contribution is 2.22. The van der Waals surface area contributed by atoms with Crippen LogP contribution in [0.15, 0.2) is 0 Å². The maximum absolute atomic E-state index is 11.8. The summed E-state index contributed by atoms with van der Waals surface area (Å²) in [5.41, 5.74) is 5.82. The third-order valence-corrected chi connectivity index (χ3v) is 3.63. The predicted octanol–water partition coefficient (Wildman–Crippen LogP) is 2.20. The van der Waals surface area contributed by atoms with Crippen molar-refractivity contribution in [1.82, 2.24) is 5.32 Å². The third kappa shape index (κ3) is 4.12. The first kappa shape index (κ1) is 13.5. The van der Waals surface area contributed by atoms with Crippen molar-refractivity contribution >= 4 is 5.91 Å². The zero-order valence-electron chi connectivity index (χ0n) is 10.7. The largest absolute Gasteiger partial charge is 0.352 e. The fourth-order valence-electron chi connectivity index (χ4n) is 2.44. The Hall–Kier alpha value is -0.570. The summed E-state index contributed by atoms with van der Waals surface area (Å²) in [5, 5.41) is 3.13. The SMILES string of the molecule is CCC[C@@H](N)C(=O)NC1CCCCCC1C. The maximum Gasteiger partial charge on any atom is 0.237 e. The lowest BCUT2D eigenvalue weighted by Crippen LogP contribution is -2.47. The Morgan fingerprint density at radius 1 is 1.38 bits per heavy atom. The molecule has 0 spiro atoms. The zero-order valence-corrected chi connectivity index (χ0v) is 10.7. The molecule has 3 heteroatoms. The van der Waals surface area contributed by atoms with Gasteiger partial charge in [-0.15, -0.1) is 0 Å². The van der Waals surface area contributed by atoms with Crippen molar-refractivity contribution in [2.24, 2.45) is 11.7 Å². The molecule has 0 bridgehead atoms. The normalized spacial score (nSPS) is 28.2. The van der Waals surface area contributed by atoms with Gasteiger partial charge in [-0.25, -0.2) is 0 Å². The number of carbonyl (C=O) groups is 1. The minimum atomic E-state index is -0.319. The molecular weight excluding hydrogens is 200 g/mol. The Bertz CT molecular complexity index is 218. The van der Waals surface area contributed by atoms with Crippen LogP contribution in [0.3, 0.4) is 0 Å². The van der Waals surface area contributed by atoms with Crippen molar-refractivity contribution in [2.45, 2.75) is 70.9 Å². The van der Waals surface area contributed by atoms with Gasteiger partial charge < -0.3 is 11.1 Å². The second-order valence-corrected chi connectivity index (χ2v) is 5.13. The van der Waals surface area contributed by atoms with E-state index in [2.05, 4.69) is 19.2 Å². The van der Waals surface area contributed by atoms with E-state index >= 15 is 0 Å². The van der Waals surface area contributed by atoms with Gasteiger partial charge in [-0.2, -0.15) is 0 Å². The standard InChI is InChI=1S/C13H26N2O/c1-3-7-11(14)13(16)15-12-9-6-4-5-8-10(12)2/h10-12H,3-9,14H2,1-2H3,(H,15,16)/t10?,11-,12?/m1/s1. The Labute approximate surface area is 99.2 Å². The number of nitrogens with two attached hydrogens (primary N) is 1. The summed E-state index contributed by atoms with van der Waals surface area (Å²) in [6.45, 7) is 4.29. The topological polar surface area (TPSA) is 55.1 Å². The van der Waals surface area contributed by atoms with Gasteiger partial charge in [0, 0.05) is 6.04 Å². The Kier molecular flexibility index (Phi) is 5.81. The highest BCUT2D eigenvalue weighted by atomic mass is 16.2. The molecule has 0 saturated heterocycles. The monoisotopic (exact) mass is 226 g/mol. The highest BCUT2D eigenvalue weighted by Gasteiger charge is 2.23. The quantitative estimate of drug-likeness (QED) is 0.722. The van der Waals surface area contributed by atoms with Crippen molar-refractivity contribution in [3.8, 4) is 0 Å². The van der Waals surface area contributed by atoms with E-state index in [0.29, 0.717) is 12.0 Å². The summed E-state index contributed by atoms with van der Waals surface area (Å²) in [6, 6.07) is 0.0263. The fraction of sp³-hybridized carbons (Fsp3) is 0.923. The van der Waals surface area contributed by atoms with Crippen LogP contribution in [0.2, 0.25) is 0 Å². The number of carbonyl (C=O) groups excluding carboxylic acids is 1. The zero-order chi connectivity index (χ0) is 12.0. The fourth-order valence-corrected chi connectivity index (χ4v) is 2.44.